The van der Waals surface area contributed by atoms with Gasteiger partial charge in [-0.25, -0.2) is 4.39 Å². The van der Waals surface area contributed by atoms with Crippen LogP contribution < -0.4 is 5.73 Å². The molecule has 0 fully saturated rings. The van der Waals surface area contributed by atoms with E-state index in [1.165, 1.54) is 0 Å². The molecule has 0 aliphatic heterocycles. The van der Waals surface area contributed by atoms with Crippen molar-refractivity contribution in [3.63, 3.8) is 0 Å². The van der Waals surface area contributed by atoms with Crippen LogP contribution in [0, 0.1) is 11.3 Å². The molecule has 0 bridgehead atoms. The van der Waals surface area contributed by atoms with E-state index in [4.69, 9.17) is 5.73 Å². The Labute approximate surface area is 170 Å². The summed E-state index contributed by atoms with van der Waals surface area (Å²) in [7, 11) is 0. The number of nitriles is 1. The number of rotatable bonds is 6. The molecule has 4 aromatic rings. The smallest absolute Gasteiger partial charge is 0.112 e. The van der Waals surface area contributed by atoms with Gasteiger partial charge >= 0.3 is 0 Å². The van der Waals surface area contributed by atoms with Crippen LogP contribution in [-0.4, -0.2) is 6.67 Å². The van der Waals surface area contributed by atoms with Gasteiger partial charge in [0.1, 0.15) is 12.1 Å². The summed E-state index contributed by atoms with van der Waals surface area (Å²) in [4.78, 5) is 0. The average molecular weight is 382 g/mol. The second kappa shape index (κ2) is 8.03. The van der Waals surface area contributed by atoms with Crippen molar-refractivity contribution in [1.82, 2.24) is 0 Å². The van der Waals surface area contributed by atoms with Crippen molar-refractivity contribution in [2.24, 2.45) is 5.73 Å². The quantitative estimate of drug-likeness (QED) is 0.431. The molecule has 2 nitrogen and oxygen atoms in total. The van der Waals surface area contributed by atoms with E-state index in [-0.39, 0.29) is 6.04 Å². The normalized spacial score (nSPS) is 14.4. The van der Waals surface area contributed by atoms with E-state index >= 15 is 0 Å². The first-order valence-electron chi connectivity index (χ1n) is 9.87. The third kappa shape index (κ3) is 3.48. The topological polar surface area (TPSA) is 49.8 Å². The zero-order valence-corrected chi connectivity index (χ0v) is 16.2. The van der Waals surface area contributed by atoms with Crippen LogP contribution in [0.3, 0.4) is 0 Å². The molecule has 0 amide bonds. The molecule has 0 aliphatic carbocycles. The first-order chi connectivity index (χ1) is 14.2. The molecule has 0 radical (unpaired) electrons. The highest BCUT2D eigenvalue weighted by atomic mass is 19.1. The van der Waals surface area contributed by atoms with E-state index in [0.717, 1.165) is 32.7 Å². The Hall–Kier alpha value is -3.22. The summed E-state index contributed by atoms with van der Waals surface area (Å²) in [6, 6.07) is 29.8. The Morgan fingerprint density at radius 2 is 1.41 bits per heavy atom. The molecule has 144 valence electrons. The summed E-state index contributed by atoms with van der Waals surface area (Å²) in [5, 5.41) is 14.2. The molecule has 2 unspecified atom stereocenters. The fourth-order valence-corrected chi connectivity index (χ4v) is 4.19. The third-order valence-electron chi connectivity index (χ3n) is 5.85. The van der Waals surface area contributed by atoms with Crippen LogP contribution in [0.25, 0.3) is 21.5 Å². The number of fused-ring (bicyclic) bond motifs is 2. The second-order valence-corrected chi connectivity index (χ2v) is 7.57. The van der Waals surface area contributed by atoms with Gasteiger partial charge in [-0.3, -0.25) is 0 Å². The third-order valence-corrected chi connectivity index (χ3v) is 5.85. The number of alkyl halides is 1. The molecular weight excluding hydrogens is 359 g/mol. The lowest BCUT2D eigenvalue weighted by molar-refractivity contribution is 0.337. The Kier molecular flexibility index (Phi) is 5.29. The van der Waals surface area contributed by atoms with Crippen molar-refractivity contribution in [3.8, 4) is 6.07 Å². The van der Waals surface area contributed by atoms with Gasteiger partial charge in [0.2, 0.25) is 0 Å². The maximum absolute atomic E-state index is 14.4. The lowest BCUT2D eigenvalue weighted by Crippen LogP contribution is -2.29. The Morgan fingerprint density at radius 1 is 0.828 bits per heavy atom. The average Bonchev–Trinajstić information content (AvgIpc) is 2.79. The molecular formula is C26H23FN2. The number of benzene rings is 4. The Bertz CT molecular complexity index is 1180. The van der Waals surface area contributed by atoms with Gasteiger partial charge in [0, 0.05) is 6.04 Å². The van der Waals surface area contributed by atoms with Gasteiger partial charge in [-0.2, -0.15) is 5.26 Å². The van der Waals surface area contributed by atoms with Gasteiger partial charge < -0.3 is 5.73 Å². The van der Waals surface area contributed by atoms with Crippen LogP contribution in [0.2, 0.25) is 0 Å². The van der Waals surface area contributed by atoms with Gasteiger partial charge in [-0.15, -0.1) is 0 Å². The maximum atomic E-state index is 14.4. The molecule has 0 saturated carbocycles. The molecule has 29 heavy (non-hydrogen) atoms. The summed E-state index contributed by atoms with van der Waals surface area (Å²) in [5.74, 6) is 0. The number of nitrogens with two attached hydrogens (primary N) is 1. The van der Waals surface area contributed by atoms with Crippen molar-refractivity contribution in [1.29, 1.82) is 5.26 Å². The summed E-state index contributed by atoms with van der Waals surface area (Å²) in [6.45, 7) is -0.736. The number of hydrogen-bond acceptors (Lipinski definition) is 2. The largest absolute Gasteiger partial charge is 0.324 e. The predicted molar refractivity (Wildman–Crippen MR) is 117 cm³/mol. The molecule has 4 aromatic carbocycles. The van der Waals surface area contributed by atoms with Crippen molar-refractivity contribution in [2.75, 3.05) is 6.67 Å². The molecule has 0 saturated heterocycles. The van der Waals surface area contributed by atoms with E-state index in [2.05, 4.69) is 24.3 Å². The van der Waals surface area contributed by atoms with Crippen LogP contribution in [-0.2, 0) is 5.41 Å². The van der Waals surface area contributed by atoms with E-state index in [1.807, 2.05) is 66.7 Å². The highest BCUT2D eigenvalue weighted by Crippen LogP contribution is 2.37. The molecule has 3 heteroatoms. The van der Waals surface area contributed by atoms with Crippen molar-refractivity contribution >= 4 is 21.5 Å². The standard InChI is InChI=1S/C26H23FN2/c27-17-26(18-28,24-14-6-10-20-8-2-4-12-22(20)24)16-15-25(29)23-13-5-9-19-7-1-3-11-21(19)23/h1-14,25H,15-17,29H2. The fourth-order valence-electron chi connectivity index (χ4n) is 4.19. The molecule has 0 aromatic heterocycles. The summed E-state index contributed by atoms with van der Waals surface area (Å²) in [6.07, 6.45) is 0.882. The van der Waals surface area contributed by atoms with Crippen LogP contribution in [0.1, 0.15) is 30.0 Å². The Morgan fingerprint density at radius 3 is 2.10 bits per heavy atom. The van der Waals surface area contributed by atoms with Crippen molar-refractivity contribution in [2.45, 2.75) is 24.3 Å². The number of halogens is 1. The van der Waals surface area contributed by atoms with Crippen molar-refractivity contribution in [3.05, 3.63) is 96.1 Å². The SMILES string of the molecule is N#CC(CF)(CCC(N)c1cccc2ccccc12)c1cccc2ccccc12. The molecule has 2 atom stereocenters. The fraction of sp³-hybridized carbons (Fsp3) is 0.192. The second-order valence-electron chi connectivity index (χ2n) is 7.57. The first-order valence-corrected chi connectivity index (χ1v) is 9.87. The lowest BCUT2D eigenvalue weighted by Gasteiger charge is -2.27. The van der Waals surface area contributed by atoms with Crippen LogP contribution in [0.4, 0.5) is 4.39 Å². The zero-order valence-electron chi connectivity index (χ0n) is 16.2. The highest BCUT2D eigenvalue weighted by Gasteiger charge is 2.34. The lowest BCUT2D eigenvalue weighted by atomic mass is 9.75. The van der Waals surface area contributed by atoms with E-state index < -0.39 is 12.1 Å². The van der Waals surface area contributed by atoms with Gasteiger partial charge in [0.15, 0.2) is 0 Å². The van der Waals surface area contributed by atoms with Gasteiger partial charge in [-0.05, 0) is 45.5 Å². The minimum absolute atomic E-state index is 0.268. The molecule has 0 aliphatic rings. The number of nitrogens with zero attached hydrogens (tertiary/aromatic N) is 1. The van der Waals surface area contributed by atoms with Crippen LogP contribution in [0.5, 0.6) is 0 Å². The minimum atomic E-state index is -1.21. The summed E-state index contributed by atoms with van der Waals surface area (Å²) < 4.78 is 14.4. The monoisotopic (exact) mass is 382 g/mol. The summed E-state index contributed by atoms with van der Waals surface area (Å²) in [5.41, 5.74) is 7.11. The first kappa shape index (κ1) is 19.1. The molecule has 0 spiro atoms. The van der Waals surface area contributed by atoms with E-state index in [9.17, 15) is 9.65 Å². The molecule has 4 rings (SSSR count). The maximum Gasteiger partial charge on any atom is 0.112 e. The van der Waals surface area contributed by atoms with Gasteiger partial charge in [0.25, 0.3) is 0 Å². The molecule has 2 N–H and O–H groups in total. The van der Waals surface area contributed by atoms with Crippen LogP contribution in [0.15, 0.2) is 84.9 Å². The van der Waals surface area contributed by atoms with E-state index in [1.54, 1.807) is 0 Å². The van der Waals surface area contributed by atoms with Gasteiger partial charge in [0.05, 0.1) is 6.07 Å². The van der Waals surface area contributed by atoms with E-state index in [0.29, 0.717) is 12.8 Å². The molecule has 0 heterocycles. The number of hydrogen-bond donors (Lipinski definition) is 1. The predicted octanol–water partition coefficient (Wildman–Crippen LogP) is 6.20. The minimum Gasteiger partial charge on any atom is -0.324 e. The van der Waals surface area contributed by atoms with Gasteiger partial charge in [-0.1, -0.05) is 84.9 Å². The Balaban J connectivity index is 1.68. The zero-order chi connectivity index (χ0) is 20.3. The van der Waals surface area contributed by atoms with Crippen molar-refractivity contribution < 1.29 is 4.39 Å². The summed E-state index contributed by atoms with van der Waals surface area (Å²) >= 11 is 0. The van der Waals surface area contributed by atoms with Crippen LogP contribution >= 0.6 is 0 Å². The highest BCUT2D eigenvalue weighted by molar-refractivity contribution is 5.87.